The number of hydrogen-bond donors (Lipinski definition) is 1. The van der Waals surface area contributed by atoms with E-state index in [9.17, 15) is 26.3 Å². The fraction of sp³-hybridized carbons (Fsp3) is 0.500. The van der Waals surface area contributed by atoms with E-state index in [4.69, 9.17) is 9.47 Å². The summed E-state index contributed by atoms with van der Waals surface area (Å²) in [6.45, 7) is 0.188. The number of hydrogen-bond acceptors (Lipinski definition) is 3. The molecular formula is C12H12F6O2S. The third-order valence-corrected chi connectivity index (χ3v) is 2.48. The predicted molar refractivity (Wildman–Crippen MR) is 66.6 cm³/mol. The Balaban J connectivity index is 2.88. The van der Waals surface area contributed by atoms with Gasteiger partial charge in [-0.2, -0.15) is 39.0 Å². The fourth-order valence-electron chi connectivity index (χ4n) is 1.39. The molecule has 1 rings (SSSR count). The molecule has 120 valence electrons. The average molecular weight is 334 g/mol. The maximum Gasteiger partial charge on any atom is 0.416 e. The summed E-state index contributed by atoms with van der Waals surface area (Å²) >= 11 is 3.87. The molecule has 0 aliphatic rings. The van der Waals surface area contributed by atoms with Crippen molar-refractivity contribution in [3.63, 3.8) is 0 Å². The SMILES string of the molecule is FC(F)(F)c1cc(OCCOCCS)cc(C(F)(F)F)c1. The molecule has 2 nitrogen and oxygen atoms in total. The summed E-state index contributed by atoms with van der Waals surface area (Å²) in [6, 6.07) is 1.09. The molecule has 0 aliphatic heterocycles. The molecule has 0 heterocycles. The van der Waals surface area contributed by atoms with Crippen molar-refractivity contribution in [3.05, 3.63) is 29.3 Å². The molecule has 0 atom stereocenters. The lowest BCUT2D eigenvalue weighted by Crippen LogP contribution is -2.13. The number of benzene rings is 1. The standard InChI is InChI=1S/C12H12F6O2S/c13-11(14,15)8-5-9(12(16,17)18)7-10(6-8)20-2-1-19-3-4-21/h5-7,21H,1-4H2. The third kappa shape index (κ3) is 6.04. The van der Waals surface area contributed by atoms with Crippen molar-refractivity contribution >= 4 is 12.6 Å². The predicted octanol–water partition coefficient (Wildman–Crippen LogP) is 4.05. The number of alkyl halides is 6. The van der Waals surface area contributed by atoms with Gasteiger partial charge in [0.25, 0.3) is 0 Å². The molecule has 0 aromatic heterocycles. The van der Waals surface area contributed by atoms with Crippen molar-refractivity contribution < 1.29 is 35.8 Å². The first kappa shape index (κ1) is 18.0. The van der Waals surface area contributed by atoms with Crippen LogP contribution in [0.1, 0.15) is 11.1 Å². The molecule has 0 spiro atoms. The van der Waals surface area contributed by atoms with E-state index in [-0.39, 0.29) is 19.3 Å². The van der Waals surface area contributed by atoms with Crippen LogP contribution in [-0.4, -0.2) is 25.6 Å². The van der Waals surface area contributed by atoms with Crippen molar-refractivity contribution in [1.82, 2.24) is 0 Å². The van der Waals surface area contributed by atoms with Crippen LogP contribution in [-0.2, 0) is 17.1 Å². The van der Waals surface area contributed by atoms with Gasteiger partial charge in [-0.3, -0.25) is 0 Å². The Hall–Kier alpha value is -1.09. The molecule has 1 aromatic carbocycles. The first-order valence-electron chi connectivity index (χ1n) is 5.75. The van der Waals surface area contributed by atoms with Gasteiger partial charge < -0.3 is 9.47 Å². The molecule has 1 aromatic rings. The molecule has 0 bridgehead atoms. The fourth-order valence-corrected chi connectivity index (χ4v) is 1.52. The molecule has 0 N–H and O–H groups in total. The smallest absolute Gasteiger partial charge is 0.416 e. The van der Waals surface area contributed by atoms with Gasteiger partial charge in [0.05, 0.1) is 24.3 Å². The minimum absolute atomic E-state index is 0.0398. The van der Waals surface area contributed by atoms with Crippen molar-refractivity contribution in [3.8, 4) is 5.75 Å². The van der Waals surface area contributed by atoms with Crippen LogP contribution in [0.5, 0.6) is 5.75 Å². The van der Waals surface area contributed by atoms with Gasteiger partial charge in [0, 0.05) is 5.75 Å². The highest BCUT2D eigenvalue weighted by molar-refractivity contribution is 7.80. The van der Waals surface area contributed by atoms with Gasteiger partial charge in [0.15, 0.2) is 0 Å². The third-order valence-electron chi connectivity index (χ3n) is 2.29. The van der Waals surface area contributed by atoms with Gasteiger partial charge in [0.1, 0.15) is 12.4 Å². The minimum Gasteiger partial charge on any atom is -0.491 e. The first-order valence-corrected chi connectivity index (χ1v) is 6.38. The summed E-state index contributed by atoms with van der Waals surface area (Å²) in [5.41, 5.74) is -2.83. The van der Waals surface area contributed by atoms with Gasteiger partial charge in [-0.15, -0.1) is 0 Å². The zero-order valence-electron chi connectivity index (χ0n) is 10.6. The van der Waals surface area contributed by atoms with Gasteiger partial charge in [0.2, 0.25) is 0 Å². The Labute approximate surface area is 122 Å². The molecule has 0 radical (unpaired) electrons. The van der Waals surface area contributed by atoms with Crippen LogP contribution in [0.4, 0.5) is 26.3 Å². The van der Waals surface area contributed by atoms with Crippen LogP contribution < -0.4 is 4.74 Å². The monoisotopic (exact) mass is 334 g/mol. The lowest BCUT2D eigenvalue weighted by atomic mass is 10.1. The molecule has 0 saturated heterocycles. The number of rotatable bonds is 6. The van der Waals surface area contributed by atoms with Crippen molar-refractivity contribution in [2.75, 3.05) is 25.6 Å². The van der Waals surface area contributed by atoms with Crippen LogP contribution in [0.15, 0.2) is 18.2 Å². The zero-order chi connectivity index (χ0) is 16.1. The summed E-state index contributed by atoms with van der Waals surface area (Å²) in [5.74, 6) is -0.0615. The van der Waals surface area contributed by atoms with Gasteiger partial charge in [-0.25, -0.2) is 0 Å². The van der Waals surface area contributed by atoms with Crippen molar-refractivity contribution in [2.24, 2.45) is 0 Å². The molecule has 9 heteroatoms. The average Bonchev–Trinajstić information content (AvgIpc) is 2.36. The number of thiol groups is 1. The van der Waals surface area contributed by atoms with Crippen LogP contribution in [0.2, 0.25) is 0 Å². The number of ether oxygens (including phenoxy) is 2. The Morgan fingerprint density at radius 1 is 0.810 bits per heavy atom. The van der Waals surface area contributed by atoms with Crippen LogP contribution >= 0.6 is 12.6 Å². The van der Waals surface area contributed by atoms with E-state index in [0.29, 0.717) is 24.5 Å². The van der Waals surface area contributed by atoms with E-state index in [0.717, 1.165) is 0 Å². The maximum atomic E-state index is 12.6. The normalized spacial score (nSPS) is 12.5. The second kappa shape index (κ2) is 7.26. The summed E-state index contributed by atoms with van der Waals surface area (Å²) < 4.78 is 85.2. The second-order valence-electron chi connectivity index (χ2n) is 3.93. The van der Waals surface area contributed by atoms with Gasteiger partial charge in [-0.1, -0.05) is 0 Å². The first-order chi connectivity index (χ1) is 9.64. The molecule has 0 aliphatic carbocycles. The quantitative estimate of drug-likeness (QED) is 0.481. The zero-order valence-corrected chi connectivity index (χ0v) is 11.5. The Morgan fingerprint density at radius 3 is 1.76 bits per heavy atom. The van der Waals surface area contributed by atoms with E-state index >= 15 is 0 Å². The maximum absolute atomic E-state index is 12.6. The molecule has 0 saturated carbocycles. The topological polar surface area (TPSA) is 18.5 Å². The van der Waals surface area contributed by atoms with E-state index in [1.165, 1.54) is 0 Å². The molecule has 0 fully saturated rings. The Morgan fingerprint density at radius 2 is 1.33 bits per heavy atom. The van der Waals surface area contributed by atoms with E-state index < -0.39 is 29.2 Å². The second-order valence-corrected chi connectivity index (χ2v) is 4.37. The summed E-state index contributed by atoms with van der Waals surface area (Å²) in [4.78, 5) is 0. The van der Waals surface area contributed by atoms with Gasteiger partial charge >= 0.3 is 12.4 Å². The van der Waals surface area contributed by atoms with Gasteiger partial charge in [-0.05, 0) is 18.2 Å². The summed E-state index contributed by atoms with van der Waals surface area (Å²) in [7, 11) is 0. The molecule has 0 amide bonds. The lowest BCUT2D eigenvalue weighted by Gasteiger charge is -2.14. The van der Waals surface area contributed by atoms with E-state index in [1.54, 1.807) is 0 Å². The van der Waals surface area contributed by atoms with Crippen LogP contribution in [0.25, 0.3) is 0 Å². The van der Waals surface area contributed by atoms with E-state index in [2.05, 4.69) is 12.6 Å². The Bertz CT molecular complexity index is 426. The summed E-state index contributed by atoms with van der Waals surface area (Å²) in [6.07, 6.45) is -9.77. The highest BCUT2D eigenvalue weighted by Crippen LogP contribution is 2.38. The lowest BCUT2D eigenvalue weighted by molar-refractivity contribution is -0.143. The number of halogens is 6. The highest BCUT2D eigenvalue weighted by atomic mass is 32.1. The summed E-state index contributed by atoms with van der Waals surface area (Å²) in [5, 5.41) is 0. The van der Waals surface area contributed by atoms with Crippen LogP contribution in [0, 0.1) is 0 Å². The molecule has 0 unspecified atom stereocenters. The molecular weight excluding hydrogens is 322 g/mol. The Kier molecular flexibility index (Phi) is 6.21. The van der Waals surface area contributed by atoms with Crippen molar-refractivity contribution in [1.29, 1.82) is 0 Å². The van der Waals surface area contributed by atoms with Crippen molar-refractivity contribution in [2.45, 2.75) is 12.4 Å². The van der Waals surface area contributed by atoms with Crippen LogP contribution in [0.3, 0.4) is 0 Å². The minimum atomic E-state index is -4.89. The molecule has 21 heavy (non-hydrogen) atoms. The largest absolute Gasteiger partial charge is 0.491 e. The highest BCUT2D eigenvalue weighted by Gasteiger charge is 2.37. The van der Waals surface area contributed by atoms with E-state index in [1.807, 2.05) is 0 Å².